The number of methoxy groups -OCH3 is 1. The van der Waals surface area contributed by atoms with Crippen LogP contribution in [0.5, 0.6) is 0 Å². The molecule has 3 heterocycles. The fourth-order valence-electron chi connectivity index (χ4n) is 2.53. The Morgan fingerprint density at radius 3 is 3.00 bits per heavy atom. The lowest BCUT2D eigenvalue weighted by atomic mass is 10.1. The standard InChI is InChI=1S/C15H11N5O3/c1-23-15(22)10-6-20(5-9-13(10)18-19-14(9)21)8-2-3-11-12(4-8)17-7-16-11/h2-7H,1H3,(H,16,17)(H,19,21). The zero-order chi connectivity index (χ0) is 16.0. The van der Waals surface area contributed by atoms with Gasteiger partial charge in [-0.25, -0.2) is 14.9 Å². The molecular weight excluding hydrogens is 298 g/mol. The molecule has 0 fully saturated rings. The van der Waals surface area contributed by atoms with Crippen LogP contribution in [0.25, 0.3) is 28.0 Å². The van der Waals surface area contributed by atoms with Crippen molar-refractivity contribution in [3.63, 3.8) is 0 Å². The van der Waals surface area contributed by atoms with Gasteiger partial charge < -0.3 is 14.3 Å². The van der Waals surface area contributed by atoms with Crippen LogP contribution in [0, 0.1) is 0 Å². The Morgan fingerprint density at radius 2 is 2.17 bits per heavy atom. The number of pyridine rings is 1. The Labute approximate surface area is 129 Å². The van der Waals surface area contributed by atoms with Gasteiger partial charge in [-0.1, -0.05) is 0 Å². The number of fused-ring (bicyclic) bond motifs is 2. The third kappa shape index (κ3) is 2.00. The summed E-state index contributed by atoms with van der Waals surface area (Å²) in [6.45, 7) is 0. The van der Waals surface area contributed by atoms with Crippen molar-refractivity contribution in [1.82, 2.24) is 24.7 Å². The molecule has 23 heavy (non-hydrogen) atoms. The highest BCUT2D eigenvalue weighted by Gasteiger charge is 2.22. The van der Waals surface area contributed by atoms with Crippen LogP contribution in [-0.2, 0) is 4.74 Å². The van der Waals surface area contributed by atoms with Crippen molar-refractivity contribution in [2.24, 2.45) is 0 Å². The van der Waals surface area contributed by atoms with E-state index in [9.17, 15) is 9.59 Å². The first-order chi connectivity index (χ1) is 11.2. The highest BCUT2D eigenvalue weighted by Crippen LogP contribution is 2.24. The predicted molar refractivity (Wildman–Crippen MR) is 81.8 cm³/mol. The number of aromatic amines is 2. The summed E-state index contributed by atoms with van der Waals surface area (Å²) in [4.78, 5) is 31.1. The number of carbonyl (C=O) groups excluding carboxylic acids is 1. The van der Waals surface area contributed by atoms with Crippen LogP contribution >= 0.6 is 0 Å². The molecule has 0 bridgehead atoms. The Hall–Kier alpha value is -3.42. The lowest BCUT2D eigenvalue weighted by molar-refractivity contribution is 0.0600. The van der Waals surface area contributed by atoms with Gasteiger partial charge in [0.05, 0.1) is 30.0 Å². The van der Waals surface area contributed by atoms with E-state index in [2.05, 4.69) is 20.2 Å². The molecule has 0 spiro atoms. The molecule has 1 aromatic carbocycles. The second-order valence-corrected chi connectivity index (χ2v) is 4.99. The Balaban J connectivity index is 1.98. The number of hydrogen-bond donors (Lipinski definition) is 2. The summed E-state index contributed by atoms with van der Waals surface area (Å²) in [5, 5.41) is 6.25. The third-order valence-electron chi connectivity index (χ3n) is 3.67. The summed E-state index contributed by atoms with van der Waals surface area (Å²) in [5.41, 5.74) is 2.92. The lowest BCUT2D eigenvalue weighted by Gasteiger charge is -2.11. The fourth-order valence-corrected chi connectivity index (χ4v) is 2.53. The van der Waals surface area contributed by atoms with E-state index < -0.39 is 5.97 Å². The van der Waals surface area contributed by atoms with E-state index in [4.69, 9.17) is 4.74 Å². The quantitative estimate of drug-likeness (QED) is 0.543. The molecule has 8 heteroatoms. The molecule has 0 unspecified atom stereocenters. The molecule has 4 rings (SSSR count). The zero-order valence-corrected chi connectivity index (χ0v) is 12.0. The second kappa shape index (κ2) is 4.80. The topological polar surface area (TPSA) is 106 Å². The minimum absolute atomic E-state index is 0.216. The second-order valence-electron chi connectivity index (χ2n) is 4.99. The predicted octanol–water partition coefficient (Wildman–Crippen LogP) is 1.33. The SMILES string of the molecule is COC(=O)c1cn(-c2ccc3nc[nH]c3c2)cc2c(=O)[nH]nc1-2. The number of H-pyrrole nitrogens is 2. The molecule has 2 N–H and O–H groups in total. The van der Waals surface area contributed by atoms with E-state index in [0.29, 0.717) is 11.3 Å². The Kier molecular flexibility index (Phi) is 2.77. The normalized spacial score (nSPS) is 11.2. The molecule has 8 nitrogen and oxygen atoms in total. The number of nitrogens with one attached hydrogen (secondary N) is 2. The number of benzene rings is 1. The first-order valence-corrected chi connectivity index (χ1v) is 6.79. The molecule has 114 valence electrons. The summed E-state index contributed by atoms with van der Waals surface area (Å²) in [6.07, 6.45) is 4.82. The largest absolute Gasteiger partial charge is 0.465 e. The van der Waals surface area contributed by atoms with Crippen molar-refractivity contribution in [3.05, 3.63) is 52.8 Å². The molecule has 0 radical (unpaired) electrons. The van der Waals surface area contributed by atoms with Gasteiger partial charge in [0.25, 0.3) is 5.56 Å². The molecule has 2 aromatic rings. The first kappa shape index (κ1) is 13.3. The van der Waals surface area contributed by atoms with Gasteiger partial charge in [-0.2, -0.15) is 5.10 Å². The molecule has 0 saturated carbocycles. The minimum atomic E-state index is -0.557. The highest BCUT2D eigenvalue weighted by atomic mass is 16.5. The lowest BCUT2D eigenvalue weighted by Crippen LogP contribution is -2.11. The van der Waals surface area contributed by atoms with E-state index in [-0.39, 0.29) is 11.1 Å². The number of rotatable bonds is 2. The molecule has 0 aliphatic carbocycles. The third-order valence-corrected chi connectivity index (χ3v) is 3.67. The maximum absolute atomic E-state index is 12.0. The van der Waals surface area contributed by atoms with Crippen molar-refractivity contribution in [2.75, 3.05) is 7.11 Å². The number of nitrogens with zero attached hydrogens (tertiary/aromatic N) is 3. The molecule has 2 aliphatic rings. The summed E-state index contributed by atoms with van der Waals surface area (Å²) in [6, 6.07) is 5.57. The van der Waals surface area contributed by atoms with E-state index in [1.165, 1.54) is 7.11 Å². The Bertz CT molecular complexity index is 1060. The van der Waals surface area contributed by atoms with Gasteiger partial charge in [-0.3, -0.25) is 4.79 Å². The van der Waals surface area contributed by atoms with Gasteiger partial charge in [0.2, 0.25) is 0 Å². The summed E-state index contributed by atoms with van der Waals surface area (Å²) in [5.74, 6) is -0.557. The van der Waals surface area contributed by atoms with Crippen molar-refractivity contribution in [2.45, 2.75) is 0 Å². The van der Waals surface area contributed by atoms with E-state index >= 15 is 0 Å². The zero-order valence-electron chi connectivity index (χ0n) is 12.0. The van der Waals surface area contributed by atoms with E-state index in [1.54, 1.807) is 23.3 Å². The van der Waals surface area contributed by atoms with Crippen LogP contribution in [0.2, 0.25) is 0 Å². The van der Waals surface area contributed by atoms with Gasteiger partial charge in [0.15, 0.2) is 0 Å². The first-order valence-electron chi connectivity index (χ1n) is 6.79. The average Bonchev–Trinajstić information content (AvgIpc) is 3.19. The van der Waals surface area contributed by atoms with Crippen LogP contribution in [0.4, 0.5) is 0 Å². The van der Waals surface area contributed by atoms with Crippen LogP contribution in [0.15, 0.2) is 41.7 Å². The number of esters is 1. The Morgan fingerprint density at radius 1 is 1.30 bits per heavy atom. The minimum Gasteiger partial charge on any atom is -0.465 e. The van der Waals surface area contributed by atoms with Crippen molar-refractivity contribution >= 4 is 17.0 Å². The van der Waals surface area contributed by atoms with Crippen LogP contribution in [0.1, 0.15) is 10.4 Å². The van der Waals surface area contributed by atoms with Crippen molar-refractivity contribution in [3.8, 4) is 16.9 Å². The number of aromatic nitrogens is 5. The smallest absolute Gasteiger partial charge is 0.341 e. The van der Waals surface area contributed by atoms with Crippen LogP contribution in [0.3, 0.4) is 0 Å². The maximum atomic E-state index is 12.0. The maximum Gasteiger partial charge on any atom is 0.341 e. The van der Waals surface area contributed by atoms with Crippen molar-refractivity contribution in [1.29, 1.82) is 0 Å². The summed E-state index contributed by atoms with van der Waals surface area (Å²) in [7, 11) is 1.28. The van der Waals surface area contributed by atoms with Gasteiger partial charge in [0.1, 0.15) is 11.3 Å². The van der Waals surface area contributed by atoms with E-state index in [1.807, 2.05) is 18.2 Å². The molecule has 0 saturated heterocycles. The van der Waals surface area contributed by atoms with Gasteiger partial charge in [-0.15, -0.1) is 0 Å². The fraction of sp³-hybridized carbons (Fsp3) is 0.0667. The van der Waals surface area contributed by atoms with E-state index in [0.717, 1.165) is 16.7 Å². The summed E-state index contributed by atoms with van der Waals surface area (Å²) < 4.78 is 6.46. The van der Waals surface area contributed by atoms with Crippen LogP contribution in [-0.4, -0.2) is 37.8 Å². The van der Waals surface area contributed by atoms with Crippen LogP contribution < -0.4 is 5.56 Å². The summed E-state index contributed by atoms with van der Waals surface area (Å²) >= 11 is 0. The molecule has 0 atom stereocenters. The molecule has 2 aliphatic heterocycles. The molecule has 0 amide bonds. The number of hydrogen-bond acceptors (Lipinski definition) is 5. The van der Waals surface area contributed by atoms with Gasteiger partial charge >= 0.3 is 5.97 Å². The molecule has 1 aromatic heterocycles. The van der Waals surface area contributed by atoms with Gasteiger partial charge in [-0.05, 0) is 18.2 Å². The monoisotopic (exact) mass is 309 g/mol. The number of ether oxygens (including phenoxy) is 1. The number of imidazole rings is 1. The van der Waals surface area contributed by atoms with Gasteiger partial charge in [0, 0.05) is 18.1 Å². The molecular formula is C15H11N5O3. The average molecular weight is 309 g/mol. The highest BCUT2D eigenvalue weighted by molar-refractivity contribution is 5.96. The van der Waals surface area contributed by atoms with Crippen molar-refractivity contribution < 1.29 is 9.53 Å². The number of carbonyl (C=O) groups is 1.